The molecule has 26 heavy (non-hydrogen) atoms. The van der Waals surface area contributed by atoms with Crippen molar-refractivity contribution in [3.63, 3.8) is 0 Å². The minimum Gasteiger partial charge on any atom is -0.494 e. The zero-order valence-corrected chi connectivity index (χ0v) is 15.6. The smallest absolute Gasteiger partial charge is 0.318 e. The normalized spacial score (nSPS) is 12.0. The number of primary amides is 1. The predicted molar refractivity (Wildman–Crippen MR) is 99.0 cm³/mol. The second-order valence-corrected chi connectivity index (χ2v) is 6.88. The summed E-state index contributed by atoms with van der Waals surface area (Å²) in [5, 5.41) is 10.0. The Morgan fingerprint density at radius 2 is 1.92 bits per heavy atom. The Labute approximate surface area is 155 Å². The molecule has 3 amide bonds. The maximum Gasteiger partial charge on any atom is 0.318 e. The van der Waals surface area contributed by atoms with Gasteiger partial charge in [0.15, 0.2) is 5.82 Å². The molecular weight excluding hydrogens is 356 g/mol. The first-order valence-corrected chi connectivity index (χ1v) is 8.92. The predicted octanol–water partition coefficient (Wildman–Crippen LogP) is 1.37. The summed E-state index contributed by atoms with van der Waals surface area (Å²) in [4.78, 5) is 23.1. The van der Waals surface area contributed by atoms with Crippen LogP contribution in [0.3, 0.4) is 0 Å². The molecule has 0 radical (unpaired) electrons. The van der Waals surface area contributed by atoms with Crippen molar-refractivity contribution in [3.05, 3.63) is 24.3 Å². The van der Waals surface area contributed by atoms with E-state index in [1.807, 2.05) is 45.0 Å². The lowest BCUT2D eigenvalue weighted by Crippen LogP contribution is -2.42. The van der Waals surface area contributed by atoms with Gasteiger partial charge >= 0.3 is 6.03 Å². The fourth-order valence-electron chi connectivity index (χ4n) is 2.22. The summed E-state index contributed by atoms with van der Waals surface area (Å²) < 4.78 is 6.72. The first kappa shape index (κ1) is 19.6. The molecule has 0 fully saturated rings. The number of rotatable bonds is 7. The molecule has 1 heterocycles. The van der Waals surface area contributed by atoms with E-state index in [0.717, 1.165) is 23.1 Å². The zero-order valence-electron chi connectivity index (χ0n) is 14.8. The molecule has 0 bridgehead atoms. The lowest BCUT2D eigenvalue weighted by Gasteiger charge is -2.17. The van der Waals surface area contributed by atoms with E-state index < -0.39 is 17.2 Å². The third-order valence-electron chi connectivity index (χ3n) is 3.43. The number of hydrogen-bond acceptors (Lipinski definition) is 7. The molecule has 2 rings (SSSR count). The average molecular weight is 378 g/mol. The van der Waals surface area contributed by atoms with E-state index in [2.05, 4.69) is 15.5 Å². The standard InChI is InChI=1S/C16H22N6O3S/c1-4-25-11-7-5-10(6-8-11)13-20-21-16(22(13)18)26-12(9(2)3)14(23)19-15(17)24/h5-9,12H,4,18H2,1-3H3,(H3,17,19,23,24)/t12-/m0/s1. The Morgan fingerprint density at radius 1 is 1.27 bits per heavy atom. The molecule has 1 aromatic carbocycles. The molecule has 0 saturated heterocycles. The Morgan fingerprint density at radius 3 is 2.46 bits per heavy atom. The Balaban J connectivity index is 2.21. The Bertz CT molecular complexity index is 775. The maximum atomic E-state index is 12.1. The number of carbonyl (C=O) groups excluding carboxylic acids is 2. The SMILES string of the molecule is CCOc1ccc(-c2nnc(S[C@H](C(=O)NC(N)=O)C(C)C)n2N)cc1. The quantitative estimate of drug-likeness (QED) is 0.488. The molecule has 140 valence electrons. The topological polar surface area (TPSA) is 138 Å². The summed E-state index contributed by atoms with van der Waals surface area (Å²) in [5.41, 5.74) is 5.78. The van der Waals surface area contributed by atoms with Gasteiger partial charge in [0.05, 0.1) is 11.9 Å². The van der Waals surface area contributed by atoms with Gasteiger partial charge in [0, 0.05) is 5.56 Å². The number of carbonyl (C=O) groups is 2. The Kier molecular flexibility index (Phi) is 6.45. The van der Waals surface area contributed by atoms with Crippen LogP contribution in [0.25, 0.3) is 11.4 Å². The van der Waals surface area contributed by atoms with Crippen molar-refractivity contribution in [2.24, 2.45) is 11.7 Å². The maximum absolute atomic E-state index is 12.1. The number of imide groups is 1. The van der Waals surface area contributed by atoms with Gasteiger partial charge in [-0.3, -0.25) is 10.1 Å². The first-order valence-electron chi connectivity index (χ1n) is 8.04. The van der Waals surface area contributed by atoms with Gasteiger partial charge in [0.1, 0.15) is 5.75 Å². The molecule has 0 aliphatic rings. The molecule has 9 nitrogen and oxygen atoms in total. The van der Waals surface area contributed by atoms with Crippen LogP contribution in [0.4, 0.5) is 4.79 Å². The molecule has 2 aromatic rings. The van der Waals surface area contributed by atoms with Crippen molar-refractivity contribution >= 4 is 23.7 Å². The van der Waals surface area contributed by atoms with Gasteiger partial charge in [0.25, 0.3) is 0 Å². The minimum absolute atomic E-state index is 0.0787. The van der Waals surface area contributed by atoms with E-state index in [9.17, 15) is 9.59 Å². The summed E-state index contributed by atoms with van der Waals surface area (Å²) in [7, 11) is 0. The van der Waals surface area contributed by atoms with Crippen molar-refractivity contribution in [1.29, 1.82) is 0 Å². The van der Waals surface area contributed by atoms with Gasteiger partial charge in [-0.15, -0.1) is 10.2 Å². The summed E-state index contributed by atoms with van der Waals surface area (Å²) in [6, 6.07) is 6.39. The third kappa shape index (κ3) is 4.66. The zero-order chi connectivity index (χ0) is 19.3. The fourth-order valence-corrected chi connectivity index (χ4v) is 3.17. The monoisotopic (exact) mass is 378 g/mol. The number of nitrogens with one attached hydrogen (secondary N) is 1. The van der Waals surface area contributed by atoms with Gasteiger partial charge in [0.2, 0.25) is 11.1 Å². The van der Waals surface area contributed by atoms with E-state index in [1.54, 1.807) is 0 Å². The Hall–Kier alpha value is -2.75. The summed E-state index contributed by atoms with van der Waals surface area (Å²) >= 11 is 1.12. The average Bonchev–Trinajstić information content (AvgIpc) is 2.93. The lowest BCUT2D eigenvalue weighted by atomic mass is 10.1. The lowest BCUT2D eigenvalue weighted by molar-refractivity contribution is -0.120. The van der Waals surface area contributed by atoms with Crippen LogP contribution in [0.2, 0.25) is 0 Å². The van der Waals surface area contributed by atoms with Crippen LogP contribution in [0.15, 0.2) is 29.4 Å². The van der Waals surface area contributed by atoms with E-state index in [4.69, 9.17) is 16.3 Å². The minimum atomic E-state index is -0.898. The second kappa shape index (κ2) is 8.56. The number of benzene rings is 1. The highest BCUT2D eigenvalue weighted by Gasteiger charge is 2.27. The fraction of sp³-hybridized carbons (Fsp3) is 0.375. The van der Waals surface area contributed by atoms with Gasteiger partial charge < -0.3 is 16.3 Å². The van der Waals surface area contributed by atoms with Crippen molar-refractivity contribution in [1.82, 2.24) is 20.2 Å². The molecule has 0 spiro atoms. The highest BCUT2D eigenvalue weighted by molar-refractivity contribution is 8.00. The molecule has 1 atom stereocenters. The van der Waals surface area contributed by atoms with Crippen LogP contribution in [0, 0.1) is 5.92 Å². The highest BCUT2D eigenvalue weighted by Crippen LogP contribution is 2.29. The van der Waals surface area contributed by atoms with Crippen molar-refractivity contribution in [2.75, 3.05) is 12.4 Å². The van der Waals surface area contributed by atoms with E-state index in [0.29, 0.717) is 17.6 Å². The molecule has 1 aromatic heterocycles. The van der Waals surface area contributed by atoms with Crippen LogP contribution in [-0.4, -0.2) is 38.7 Å². The molecule has 0 unspecified atom stereocenters. The molecule has 10 heteroatoms. The number of aromatic nitrogens is 3. The molecule has 0 aliphatic carbocycles. The number of ether oxygens (including phenoxy) is 1. The number of urea groups is 1. The van der Waals surface area contributed by atoms with E-state index in [1.165, 1.54) is 4.68 Å². The second-order valence-electron chi connectivity index (χ2n) is 5.77. The van der Waals surface area contributed by atoms with Gasteiger partial charge in [-0.2, -0.15) is 0 Å². The number of nitrogens with two attached hydrogens (primary N) is 2. The van der Waals surface area contributed by atoms with Gasteiger partial charge in [-0.1, -0.05) is 25.6 Å². The van der Waals surface area contributed by atoms with E-state index in [-0.39, 0.29) is 5.92 Å². The number of thioether (sulfide) groups is 1. The molecule has 0 saturated carbocycles. The number of amides is 3. The summed E-state index contributed by atoms with van der Waals surface area (Å²) in [5.74, 6) is 6.72. The van der Waals surface area contributed by atoms with E-state index >= 15 is 0 Å². The van der Waals surface area contributed by atoms with Crippen LogP contribution < -0.4 is 21.6 Å². The largest absolute Gasteiger partial charge is 0.494 e. The summed E-state index contributed by atoms with van der Waals surface area (Å²) in [6.45, 7) is 6.19. The van der Waals surface area contributed by atoms with Gasteiger partial charge in [-0.25, -0.2) is 9.47 Å². The third-order valence-corrected chi connectivity index (χ3v) is 4.93. The number of nitrogens with zero attached hydrogens (tertiary/aromatic N) is 3. The number of hydrogen-bond donors (Lipinski definition) is 3. The first-order chi connectivity index (χ1) is 12.3. The van der Waals surface area contributed by atoms with Crippen molar-refractivity contribution < 1.29 is 14.3 Å². The molecule has 5 N–H and O–H groups in total. The van der Waals surface area contributed by atoms with Crippen molar-refractivity contribution in [3.8, 4) is 17.1 Å². The molecule has 0 aliphatic heterocycles. The van der Waals surface area contributed by atoms with Crippen LogP contribution in [0.5, 0.6) is 5.75 Å². The van der Waals surface area contributed by atoms with Crippen LogP contribution in [0.1, 0.15) is 20.8 Å². The highest BCUT2D eigenvalue weighted by atomic mass is 32.2. The van der Waals surface area contributed by atoms with Crippen LogP contribution in [-0.2, 0) is 4.79 Å². The molecular formula is C16H22N6O3S. The van der Waals surface area contributed by atoms with Crippen molar-refractivity contribution in [2.45, 2.75) is 31.2 Å². The van der Waals surface area contributed by atoms with Crippen LogP contribution >= 0.6 is 11.8 Å². The summed E-state index contributed by atoms with van der Waals surface area (Å²) in [6.07, 6.45) is 0. The van der Waals surface area contributed by atoms with Gasteiger partial charge in [-0.05, 0) is 37.1 Å². The number of nitrogen functional groups attached to an aromatic ring is 1.